The SMILES string of the molecule is O=C(O)NC1(S)CCCCCN1. The molecular formula is C7H14N2O2S. The quantitative estimate of drug-likeness (QED) is 0.368. The Bertz CT molecular complexity index is 167. The van der Waals surface area contributed by atoms with Crippen molar-refractivity contribution in [3.05, 3.63) is 0 Å². The third-order valence-electron chi connectivity index (χ3n) is 1.95. The molecule has 1 atom stereocenters. The highest BCUT2D eigenvalue weighted by Crippen LogP contribution is 2.19. The van der Waals surface area contributed by atoms with Crippen LogP contribution in [0.25, 0.3) is 0 Å². The third-order valence-corrected chi connectivity index (χ3v) is 2.44. The Hall–Kier alpha value is -0.420. The summed E-state index contributed by atoms with van der Waals surface area (Å²) in [7, 11) is 0. The second kappa shape index (κ2) is 4.00. The van der Waals surface area contributed by atoms with Gasteiger partial charge in [-0.2, -0.15) is 0 Å². The summed E-state index contributed by atoms with van der Waals surface area (Å²) < 4.78 is 0. The molecule has 1 fully saturated rings. The molecule has 5 heteroatoms. The van der Waals surface area contributed by atoms with E-state index in [1.807, 2.05) is 0 Å². The first kappa shape index (κ1) is 9.67. The molecule has 0 bridgehead atoms. The van der Waals surface area contributed by atoms with Gasteiger partial charge in [0.1, 0.15) is 4.99 Å². The van der Waals surface area contributed by atoms with Gasteiger partial charge in [-0.25, -0.2) is 4.79 Å². The minimum absolute atomic E-state index is 0.720. The Morgan fingerprint density at radius 1 is 1.50 bits per heavy atom. The zero-order chi connectivity index (χ0) is 9.03. The van der Waals surface area contributed by atoms with Gasteiger partial charge in [0.2, 0.25) is 0 Å². The van der Waals surface area contributed by atoms with E-state index < -0.39 is 11.1 Å². The predicted octanol–water partition coefficient (Wildman–Crippen LogP) is 1.00. The van der Waals surface area contributed by atoms with E-state index in [0.29, 0.717) is 0 Å². The van der Waals surface area contributed by atoms with E-state index in [0.717, 1.165) is 32.2 Å². The topological polar surface area (TPSA) is 61.4 Å². The number of hydrogen-bond donors (Lipinski definition) is 4. The number of hydrogen-bond acceptors (Lipinski definition) is 3. The standard InChI is InChI=1S/C7H14N2O2S/c10-6(11)9-7(12)4-2-1-3-5-8-7/h8-9,12H,1-5H2,(H,10,11). The second-order valence-corrected chi connectivity index (χ2v) is 3.79. The monoisotopic (exact) mass is 190 g/mol. The van der Waals surface area contributed by atoms with Crippen molar-refractivity contribution in [3.8, 4) is 0 Å². The Kier molecular flexibility index (Phi) is 3.22. The molecule has 0 radical (unpaired) electrons. The first-order chi connectivity index (χ1) is 5.62. The minimum atomic E-state index is -1.03. The maximum absolute atomic E-state index is 10.4. The van der Waals surface area contributed by atoms with Gasteiger partial charge in [0.05, 0.1) is 0 Å². The maximum atomic E-state index is 10.4. The van der Waals surface area contributed by atoms with Crippen molar-refractivity contribution in [1.29, 1.82) is 0 Å². The van der Waals surface area contributed by atoms with Crippen LogP contribution < -0.4 is 10.6 Å². The normalized spacial score (nSPS) is 30.8. The van der Waals surface area contributed by atoms with Gasteiger partial charge < -0.3 is 5.11 Å². The van der Waals surface area contributed by atoms with Gasteiger partial charge in [-0.15, -0.1) is 12.6 Å². The largest absolute Gasteiger partial charge is 0.465 e. The van der Waals surface area contributed by atoms with Crippen LogP contribution in [0.4, 0.5) is 4.79 Å². The first-order valence-corrected chi connectivity index (χ1v) is 4.56. The summed E-state index contributed by atoms with van der Waals surface area (Å²) in [4.78, 5) is 9.67. The van der Waals surface area contributed by atoms with E-state index in [-0.39, 0.29) is 0 Å². The summed E-state index contributed by atoms with van der Waals surface area (Å²) in [5, 5.41) is 14.0. The summed E-state index contributed by atoms with van der Waals surface area (Å²) in [6.07, 6.45) is 2.94. The van der Waals surface area contributed by atoms with E-state index in [4.69, 9.17) is 5.11 Å². The molecule has 1 unspecified atom stereocenters. The number of nitrogens with one attached hydrogen (secondary N) is 2. The van der Waals surface area contributed by atoms with Gasteiger partial charge in [0.25, 0.3) is 0 Å². The fraction of sp³-hybridized carbons (Fsp3) is 0.857. The number of thiol groups is 1. The molecule has 4 nitrogen and oxygen atoms in total. The Balaban J connectivity index is 2.48. The van der Waals surface area contributed by atoms with Crippen molar-refractivity contribution in [2.45, 2.75) is 30.7 Å². The highest BCUT2D eigenvalue weighted by molar-refractivity contribution is 7.81. The van der Waals surface area contributed by atoms with Crippen LogP contribution >= 0.6 is 12.6 Å². The summed E-state index contributed by atoms with van der Waals surface area (Å²) in [5.74, 6) is 0. The van der Waals surface area contributed by atoms with E-state index in [2.05, 4.69) is 23.3 Å². The lowest BCUT2D eigenvalue weighted by molar-refractivity contribution is 0.183. The van der Waals surface area contributed by atoms with Crippen LogP contribution in [-0.4, -0.2) is 22.7 Å². The number of amides is 1. The van der Waals surface area contributed by atoms with Gasteiger partial charge in [-0.1, -0.05) is 6.42 Å². The molecule has 70 valence electrons. The molecule has 3 N–H and O–H groups in total. The molecular weight excluding hydrogens is 176 g/mol. The predicted molar refractivity (Wildman–Crippen MR) is 49.3 cm³/mol. The zero-order valence-electron chi connectivity index (χ0n) is 6.84. The molecule has 0 saturated carbocycles. The van der Waals surface area contributed by atoms with Crippen molar-refractivity contribution in [3.63, 3.8) is 0 Å². The van der Waals surface area contributed by atoms with Gasteiger partial charge in [0, 0.05) is 0 Å². The average molecular weight is 190 g/mol. The van der Waals surface area contributed by atoms with Crippen LogP contribution in [0.5, 0.6) is 0 Å². The van der Waals surface area contributed by atoms with Crippen LogP contribution in [0, 0.1) is 0 Å². The molecule has 0 aromatic carbocycles. The van der Waals surface area contributed by atoms with Gasteiger partial charge in [-0.3, -0.25) is 10.6 Å². The highest BCUT2D eigenvalue weighted by atomic mass is 32.1. The van der Waals surface area contributed by atoms with E-state index >= 15 is 0 Å². The molecule has 1 heterocycles. The second-order valence-electron chi connectivity index (χ2n) is 3.03. The van der Waals surface area contributed by atoms with Gasteiger partial charge >= 0.3 is 6.09 Å². The summed E-state index contributed by atoms with van der Waals surface area (Å²) in [6, 6.07) is 0. The number of rotatable bonds is 1. The third kappa shape index (κ3) is 2.91. The Labute approximate surface area is 77.1 Å². The number of carbonyl (C=O) groups is 1. The van der Waals surface area contributed by atoms with Gasteiger partial charge in [-0.05, 0) is 25.8 Å². The van der Waals surface area contributed by atoms with Crippen molar-refractivity contribution >= 4 is 18.7 Å². The Morgan fingerprint density at radius 2 is 2.25 bits per heavy atom. The van der Waals surface area contributed by atoms with Crippen LogP contribution in [0.15, 0.2) is 0 Å². The van der Waals surface area contributed by atoms with E-state index in [9.17, 15) is 4.79 Å². The molecule has 0 aromatic rings. The lowest BCUT2D eigenvalue weighted by Gasteiger charge is -2.27. The molecule has 0 aliphatic carbocycles. The minimum Gasteiger partial charge on any atom is -0.465 e. The van der Waals surface area contributed by atoms with Crippen LogP contribution in [0.1, 0.15) is 25.7 Å². The lowest BCUT2D eigenvalue weighted by Crippen LogP contribution is -2.53. The van der Waals surface area contributed by atoms with Gasteiger partial charge in [0.15, 0.2) is 0 Å². The molecule has 0 spiro atoms. The number of carboxylic acid groups (broad SMARTS) is 1. The maximum Gasteiger partial charge on any atom is 0.406 e. The van der Waals surface area contributed by atoms with Crippen LogP contribution in [-0.2, 0) is 0 Å². The zero-order valence-corrected chi connectivity index (χ0v) is 7.73. The average Bonchev–Trinajstić information content (AvgIpc) is 2.12. The van der Waals surface area contributed by atoms with E-state index in [1.165, 1.54) is 0 Å². The van der Waals surface area contributed by atoms with Crippen LogP contribution in [0.2, 0.25) is 0 Å². The van der Waals surface area contributed by atoms with Crippen molar-refractivity contribution in [2.24, 2.45) is 0 Å². The van der Waals surface area contributed by atoms with Crippen molar-refractivity contribution in [1.82, 2.24) is 10.6 Å². The molecule has 1 amide bonds. The molecule has 1 aliphatic heterocycles. The van der Waals surface area contributed by atoms with Crippen LogP contribution in [0.3, 0.4) is 0 Å². The summed E-state index contributed by atoms with van der Waals surface area (Å²) in [5.41, 5.74) is 0. The highest BCUT2D eigenvalue weighted by Gasteiger charge is 2.27. The molecule has 0 aromatic heterocycles. The molecule has 12 heavy (non-hydrogen) atoms. The van der Waals surface area contributed by atoms with Crippen molar-refractivity contribution < 1.29 is 9.90 Å². The fourth-order valence-corrected chi connectivity index (χ4v) is 1.72. The molecule has 1 saturated heterocycles. The Morgan fingerprint density at radius 3 is 2.92 bits per heavy atom. The smallest absolute Gasteiger partial charge is 0.406 e. The fourth-order valence-electron chi connectivity index (χ4n) is 1.35. The summed E-state index contributed by atoms with van der Waals surface area (Å²) in [6.45, 7) is 0.823. The first-order valence-electron chi connectivity index (χ1n) is 4.11. The van der Waals surface area contributed by atoms with Crippen molar-refractivity contribution in [2.75, 3.05) is 6.54 Å². The molecule has 1 rings (SSSR count). The molecule has 1 aliphatic rings. The van der Waals surface area contributed by atoms with E-state index in [1.54, 1.807) is 0 Å². The lowest BCUT2D eigenvalue weighted by atomic mass is 10.2. The summed E-state index contributed by atoms with van der Waals surface area (Å²) >= 11 is 4.26.